The number of pyridine rings is 1. The lowest BCUT2D eigenvalue weighted by molar-refractivity contribution is 0.0955. The molecule has 0 atom stereocenters. The van der Waals surface area contributed by atoms with Crippen LogP contribution in [0.3, 0.4) is 0 Å². The zero-order valence-electron chi connectivity index (χ0n) is 20.4. The number of fused-ring (bicyclic) bond motifs is 1. The van der Waals surface area contributed by atoms with E-state index < -0.39 is 0 Å². The molecule has 0 spiro atoms. The molecule has 0 unspecified atom stereocenters. The predicted molar refractivity (Wildman–Crippen MR) is 140 cm³/mol. The van der Waals surface area contributed by atoms with E-state index in [9.17, 15) is 9.18 Å². The summed E-state index contributed by atoms with van der Waals surface area (Å²) >= 11 is 0. The minimum Gasteiger partial charge on any atom is -0.493 e. The second kappa shape index (κ2) is 10.5. The number of methoxy groups -OCH3 is 2. The molecule has 2 N–H and O–H groups in total. The number of rotatable bonds is 8. The van der Waals surface area contributed by atoms with Crippen molar-refractivity contribution < 1.29 is 18.7 Å². The van der Waals surface area contributed by atoms with Gasteiger partial charge >= 0.3 is 0 Å². The average Bonchev–Trinajstić information content (AvgIpc) is 3.37. The number of benzene rings is 3. The first-order valence-corrected chi connectivity index (χ1v) is 11.8. The molecule has 0 aliphatic carbocycles. The summed E-state index contributed by atoms with van der Waals surface area (Å²) in [6.07, 6.45) is 0.599. The van der Waals surface area contributed by atoms with Gasteiger partial charge in [-0.05, 0) is 54.4 Å². The number of ether oxygens (including phenoxy) is 2. The largest absolute Gasteiger partial charge is 0.493 e. The van der Waals surface area contributed by atoms with Crippen LogP contribution in [-0.2, 0) is 6.42 Å². The van der Waals surface area contributed by atoms with E-state index >= 15 is 0 Å². The van der Waals surface area contributed by atoms with E-state index in [1.807, 2.05) is 48.5 Å². The van der Waals surface area contributed by atoms with E-state index in [-0.39, 0.29) is 11.7 Å². The monoisotopic (exact) mass is 496 g/mol. The zero-order chi connectivity index (χ0) is 25.8. The third-order valence-corrected chi connectivity index (χ3v) is 6.12. The van der Waals surface area contributed by atoms with Crippen LogP contribution < -0.4 is 14.8 Å². The molecule has 0 fully saturated rings. The molecule has 8 heteroatoms. The summed E-state index contributed by atoms with van der Waals surface area (Å²) in [6.45, 7) is 0.405. The Morgan fingerprint density at radius 3 is 2.41 bits per heavy atom. The Morgan fingerprint density at radius 1 is 0.919 bits per heavy atom. The first-order chi connectivity index (χ1) is 18.1. The molecule has 0 saturated carbocycles. The number of aromatic nitrogens is 3. The second-order valence-corrected chi connectivity index (χ2v) is 8.42. The lowest BCUT2D eigenvalue weighted by atomic mass is 10.0. The van der Waals surface area contributed by atoms with Crippen molar-refractivity contribution in [1.29, 1.82) is 0 Å². The number of nitrogens with zero attached hydrogens (tertiary/aromatic N) is 2. The van der Waals surface area contributed by atoms with Gasteiger partial charge in [0.2, 0.25) is 0 Å². The summed E-state index contributed by atoms with van der Waals surface area (Å²) in [5, 5.41) is 11.1. The number of halogens is 1. The van der Waals surface area contributed by atoms with Gasteiger partial charge in [-0.3, -0.25) is 9.89 Å². The fraction of sp³-hybridized carbons (Fsp3) is 0.138. The van der Waals surface area contributed by atoms with Crippen LogP contribution >= 0.6 is 0 Å². The van der Waals surface area contributed by atoms with Gasteiger partial charge in [-0.25, -0.2) is 9.37 Å². The maximum atomic E-state index is 13.5. The van der Waals surface area contributed by atoms with Crippen molar-refractivity contribution in [2.75, 3.05) is 20.8 Å². The molecule has 0 aliphatic heterocycles. The lowest BCUT2D eigenvalue weighted by Crippen LogP contribution is -2.26. The van der Waals surface area contributed by atoms with Gasteiger partial charge in [0.15, 0.2) is 17.1 Å². The molecule has 0 bridgehead atoms. The van der Waals surface area contributed by atoms with Gasteiger partial charge in [-0.1, -0.05) is 36.4 Å². The molecule has 2 aromatic heterocycles. The molecule has 0 radical (unpaired) electrons. The number of hydrogen-bond acceptors (Lipinski definition) is 5. The van der Waals surface area contributed by atoms with Crippen LogP contribution in [0.25, 0.3) is 33.5 Å². The van der Waals surface area contributed by atoms with Crippen LogP contribution in [0, 0.1) is 5.82 Å². The Bertz CT molecular complexity index is 1550. The number of hydrogen-bond donors (Lipinski definition) is 2. The Labute approximate surface area is 213 Å². The summed E-state index contributed by atoms with van der Waals surface area (Å²) in [5.41, 5.74) is 4.66. The van der Waals surface area contributed by atoms with Crippen molar-refractivity contribution in [3.8, 4) is 34.0 Å². The summed E-state index contributed by atoms with van der Waals surface area (Å²) < 4.78 is 24.2. The lowest BCUT2D eigenvalue weighted by Gasteiger charge is -2.11. The highest BCUT2D eigenvalue weighted by atomic mass is 19.1. The van der Waals surface area contributed by atoms with Crippen LogP contribution in [0.2, 0.25) is 0 Å². The molecular formula is C29H25FN4O3. The van der Waals surface area contributed by atoms with Crippen molar-refractivity contribution in [2.45, 2.75) is 6.42 Å². The van der Waals surface area contributed by atoms with Gasteiger partial charge in [-0.15, -0.1) is 0 Å². The Balaban J connectivity index is 1.48. The number of aromatic amines is 1. The maximum Gasteiger partial charge on any atom is 0.252 e. The SMILES string of the molecule is COc1ccc(CCNC(=O)c2cc(-c3ccc(F)cc3)nc3n[nH]c(-c4ccccc4)c23)cc1OC. The average molecular weight is 497 g/mol. The van der Waals surface area contributed by atoms with Crippen molar-refractivity contribution >= 4 is 16.9 Å². The molecule has 0 saturated heterocycles. The van der Waals surface area contributed by atoms with Gasteiger partial charge in [0.05, 0.1) is 36.6 Å². The number of H-pyrrole nitrogens is 1. The fourth-order valence-electron chi connectivity index (χ4n) is 4.24. The predicted octanol–water partition coefficient (Wildman–Crippen LogP) is 5.42. The van der Waals surface area contributed by atoms with E-state index in [0.717, 1.165) is 11.1 Å². The molecule has 5 rings (SSSR count). The van der Waals surface area contributed by atoms with Crippen LogP contribution in [0.1, 0.15) is 15.9 Å². The van der Waals surface area contributed by atoms with E-state index in [1.165, 1.54) is 12.1 Å². The van der Waals surface area contributed by atoms with E-state index in [4.69, 9.17) is 9.47 Å². The molecule has 3 aromatic carbocycles. The molecule has 2 heterocycles. The summed E-state index contributed by atoms with van der Waals surface area (Å²) in [4.78, 5) is 18.2. The Hall–Kier alpha value is -4.72. The van der Waals surface area contributed by atoms with Crippen LogP contribution in [0.5, 0.6) is 11.5 Å². The third-order valence-electron chi connectivity index (χ3n) is 6.12. The van der Waals surface area contributed by atoms with Gasteiger partial charge < -0.3 is 14.8 Å². The molecule has 0 aliphatic rings. The number of amides is 1. The van der Waals surface area contributed by atoms with Gasteiger partial charge in [0.1, 0.15) is 5.82 Å². The molecule has 37 heavy (non-hydrogen) atoms. The maximum absolute atomic E-state index is 13.5. The normalized spacial score (nSPS) is 10.9. The molecule has 186 valence electrons. The van der Waals surface area contributed by atoms with Crippen molar-refractivity contribution in [2.24, 2.45) is 0 Å². The van der Waals surface area contributed by atoms with Crippen LogP contribution in [0.15, 0.2) is 78.9 Å². The standard InChI is InChI=1S/C29H25FN4O3/c1-36-24-13-8-18(16-25(24)37-2)14-15-31-29(35)22-17-23(19-9-11-21(30)12-10-19)32-28-26(22)27(33-34-28)20-6-4-3-5-7-20/h3-13,16-17H,14-15H2,1-2H3,(H,31,35)(H,32,33,34). The van der Waals surface area contributed by atoms with Gasteiger partial charge in [-0.2, -0.15) is 5.10 Å². The Kier molecular flexibility index (Phi) is 6.81. The summed E-state index contributed by atoms with van der Waals surface area (Å²) in [5.74, 6) is 0.687. The number of nitrogens with one attached hydrogen (secondary N) is 2. The van der Waals surface area contributed by atoms with Gasteiger partial charge in [0, 0.05) is 17.7 Å². The minimum absolute atomic E-state index is 0.255. The first-order valence-electron chi connectivity index (χ1n) is 11.8. The van der Waals surface area contributed by atoms with Crippen molar-refractivity contribution in [1.82, 2.24) is 20.5 Å². The molecule has 1 amide bonds. The fourth-order valence-corrected chi connectivity index (χ4v) is 4.24. The summed E-state index contributed by atoms with van der Waals surface area (Å²) in [7, 11) is 3.18. The van der Waals surface area contributed by atoms with Crippen molar-refractivity contribution in [3.05, 3.63) is 95.8 Å². The third kappa shape index (κ3) is 4.99. The zero-order valence-corrected chi connectivity index (χ0v) is 20.4. The number of carbonyl (C=O) groups excluding carboxylic acids is 1. The topological polar surface area (TPSA) is 89.1 Å². The first kappa shape index (κ1) is 24.0. The molecular weight excluding hydrogens is 471 g/mol. The number of carbonyl (C=O) groups is 1. The smallest absolute Gasteiger partial charge is 0.252 e. The second-order valence-electron chi connectivity index (χ2n) is 8.42. The van der Waals surface area contributed by atoms with Gasteiger partial charge in [0.25, 0.3) is 5.91 Å². The quantitative estimate of drug-likeness (QED) is 0.299. The van der Waals surface area contributed by atoms with E-state index in [0.29, 0.717) is 58.0 Å². The van der Waals surface area contributed by atoms with Crippen molar-refractivity contribution in [3.63, 3.8) is 0 Å². The van der Waals surface area contributed by atoms with E-state index in [2.05, 4.69) is 20.5 Å². The summed E-state index contributed by atoms with van der Waals surface area (Å²) in [6, 6.07) is 23.1. The highest BCUT2D eigenvalue weighted by Crippen LogP contribution is 2.32. The van der Waals surface area contributed by atoms with Crippen LogP contribution in [0.4, 0.5) is 4.39 Å². The Morgan fingerprint density at radius 2 is 1.68 bits per heavy atom. The highest BCUT2D eigenvalue weighted by molar-refractivity contribution is 6.11. The molecule has 5 aromatic rings. The molecule has 7 nitrogen and oxygen atoms in total. The highest BCUT2D eigenvalue weighted by Gasteiger charge is 2.20. The minimum atomic E-state index is -0.343. The van der Waals surface area contributed by atoms with Crippen LogP contribution in [-0.4, -0.2) is 41.9 Å². The van der Waals surface area contributed by atoms with E-state index in [1.54, 1.807) is 32.4 Å².